The van der Waals surface area contributed by atoms with Crippen LogP contribution >= 0.6 is 0 Å². The van der Waals surface area contributed by atoms with Crippen molar-refractivity contribution in [3.8, 4) is 22.5 Å². The standard InChI is InChI=1S/C24H19FN8O2S/c1-14-3-5-18(6-4-14)36(34,35)33-13-20(19-8-17(25)10-27-24(19)33)23-29-22(26)21-7-15(12-32(21)30-23)16-9-28-31(2)11-16/h3-13H,1-2H3,(H2,26,29,30). The molecular weight excluding hydrogens is 483 g/mol. The Morgan fingerprint density at radius 1 is 1.00 bits per heavy atom. The van der Waals surface area contributed by atoms with Crippen LogP contribution in [0.1, 0.15) is 5.56 Å². The Hall–Kier alpha value is -4.58. The zero-order valence-electron chi connectivity index (χ0n) is 19.2. The summed E-state index contributed by atoms with van der Waals surface area (Å²) in [4.78, 5) is 8.56. The van der Waals surface area contributed by atoms with Gasteiger partial charge in [-0.25, -0.2) is 31.3 Å². The Morgan fingerprint density at radius 3 is 2.50 bits per heavy atom. The average Bonchev–Trinajstić information content (AvgIpc) is 3.56. The maximum absolute atomic E-state index is 14.2. The molecule has 0 spiro atoms. The molecule has 5 heterocycles. The van der Waals surface area contributed by atoms with Crippen molar-refractivity contribution in [2.75, 3.05) is 5.73 Å². The fourth-order valence-corrected chi connectivity index (χ4v) is 5.43. The van der Waals surface area contributed by atoms with Gasteiger partial charge >= 0.3 is 0 Å². The molecule has 0 radical (unpaired) electrons. The van der Waals surface area contributed by atoms with Gasteiger partial charge in [-0.3, -0.25) is 4.68 Å². The van der Waals surface area contributed by atoms with Crippen LogP contribution in [0.2, 0.25) is 0 Å². The molecule has 5 aromatic heterocycles. The largest absolute Gasteiger partial charge is 0.382 e. The molecule has 6 aromatic rings. The summed E-state index contributed by atoms with van der Waals surface area (Å²) >= 11 is 0. The molecule has 0 aliphatic heterocycles. The molecule has 0 amide bonds. The minimum atomic E-state index is -4.04. The number of benzene rings is 1. The molecule has 0 atom stereocenters. The first-order valence-electron chi connectivity index (χ1n) is 10.8. The van der Waals surface area contributed by atoms with Crippen LogP contribution in [-0.4, -0.2) is 41.8 Å². The monoisotopic (exact) mass is 502 g/mol. The molecule has 0 aliphatic rings. The van der Waals surface area contributed by atoms with Crippen LogP contribution in [0.5, 0.6) is 0 Å². The number of anilines is 1. The van der Waals surface area contributed by atoms with Crippen molar-refractivity contribution >= 4 is 32.4 Å². The number of hydrogen-bond acceptors (Lipinski definition) is 7. The number of nitrogens with two attached hydrogens (primary N) is 1. The second-order valence-electron chi connectivity index (χ2n) is 8.46. The molecule has 0 saturated heterocycles. The van der Waals surface area contributed by atoms with Crippen molar-refractivity contribution in [2.45, 2.75) is 11.8 Å². The van der Waals surface area contributed by atoms with Crippen molar-refractivity contribution in [2.24, 2.45) is 7.05 Å². The van der Waals surface area contributed by atoms with E-state index in [-0.39, 0.29) is 33.1 Å². The highest BCUT2D eigenvalue weighted by Gasteiger charge is 2.25. The number of rotatable bonds is 4. The van der Waals surface area contributed by atoms with E-state index in [2.05, 4.69) is 20.2 Å². The number of nitrogen functional groups attached to an aromatic ring is 1. The van der Waals surface area contributed by atoms with Gasteiger partial charge < -0.3 is 5.73 Å². The van der Waals surface area contributed by atoms with Gasteiger partial charge in [0.1, 0.15) is 11.3 Å². The summed E-state index contributed by atoms with van der Waals surface area (Å²) in [5, 5.41) is 8.99. The van der Waals surface area contributed by atoms with E-state index < -0.39 is 15.8 Å². The van der Waals surface area contributed by atoms with Crippen LogP contribution in [0.3, 0.4) is 0 Å². The van der Waals surface area contributed by atoms with Gasteiger partial charge in [-0.1, -0.05) is 17.7 Å². The molecular formula is C24H19FN8O2S. The van der Waals surface area contributed by atoms with Crippen molar-refractivity contribution in [1.82, 2.24) is 33.3 Å². The Balaban J connectivity index is 1.56. The van der Waals surface area contributed by atoms with E-state index >= 15 is 0 Å². The number of aromatic nitrogens is 7. The van der Waals surface area contributed by atoms with E-state index in [0.717, 1.165) is 26.9 Å². The molecule has 10 nitrogen and oxygen atoms in total. The van der Waals surface area contributed by atoms with Gasteiger partial charge in [0.2, 0.25) is 0 Å². The summed E-state index contributed by atoms with van der Waals surface area (Å²) in [7, 11) is -2.22. The normalized spacial score (nSPS) is 12.1. The minimum Gasteiger partial charge on any atom is -0.382 e. The lowest BCUT2D eigenvalue weighted by molar-refractivity contribution is 0.588. The van der Waals surface area contributed by atoms with E-state index in [1.807, 2.05) is 26.2 Å². The third kappa shape index (κ3) is 3.41. The zero-order chi connectivity index (χ0) is 25.2. The predicted octanol–water partition coefficient (Wildman–Crippen LogP) is 3.41. The highest BCUT2D eigenvalue weighted by atomic mass is 32.2. The summed E-state index contributed by atoms with van der Waals surface area (Å²) in [5.74, 6) is -0.312. The maximum atomic E-state index is 14.2. The van der Waals surface area contributed by atoms with Crippen LogP contribution in [0, 0.1) is 12.7 Å². The van der Waals surface area contributed by atoms with E-state index in [4.69, 9.17) is 5.73 Å². The van der Waals surface area contributed by atoms with Gasteiger partial charge in [0.05, 0.1) is 17.3 Å². The lowest BCUT2D eigenvalue weighted by Gasteiger charge is -2.07. The zero-order valence-corrected chi connectivity index (χ0v) is 20.0. The highest BCUT2D eigenvalue weighted by Crippen LogP contribution is 2.32. The summed E-state index contributed by atoms with van der Waals surface area (Å²) in [5.41, 5.74) is 9.77. The molecule has 180 valence electrons. The molecule has 0 aliphatic carbocycles. The van der Waals surface area contributed by atoms with Crippen LogP contribution < -0.4 is 5.73 Å². The second kappa shape index (κ2) is 7.71. The van der Waals surface area contributed by atoms with E-state index in [1.165, 1.54) is 24.4 Å². The van der Waals surface area contributed by atoms with Crippen LogP contribution in [-0.2, 0) is 17.1 Å². The number of aryl methyl sites for hydroxylation is 2. The molecule has 0 unspecified atom stereocenters. The van der Waals surface area contributed by atoms with Gasteiger partial charge in [0.15, 0.2) is 17.3 Å². The Kier molecular flexibility index (Phi) is 4.70. The Bertz CT molecular complexity index is 1900. The Labute approximate surface area is 204 Å². The number of fused-ring (bicyclic) bond motifs is 2. The first kappa shape index (κ1) is 21.9. The lowest BCUT2D eigenvalue weighted by Crippen LogP contribution is -2.12. The summed E-state index contributed by atoms with van der Waals surface area (Å²) in [6, 6.07) is 9.48. The molecule has 0 bridgehead atoms. The van der Waals surface area contributed by atoms with Gasteiger partial charge in [-0.05, 0) is 31.2 Å². The molecule has 1 aromatic carbocycles. The first-order chi connectivity index (χ1) is 17.2. The fourth-order valence-electron chi connectivity index (χ4n) is 4.10. The molecule has 6 rings (SSSR count). The third-order valence-electron chi connectivity index (χ3n) is 5.93. The van der Waals surface area contributed by atoms with Crippen molar-refractivity contribution in [3.63, 3.8) is 0 Å². The SMILES string of the molecule is Cc1ccc(S(=O)(=O)n2cc(-c3nc(N)c4cc(-c5cnn(C)c5)cn4n3)c3cc(F)cnc32)cc1. The second-order valence-corrected chi connectivity index (χ2v) is 10.3. The number of pyridine rings is 1. The number of hydrogen-bond donors (Lipinski definition) is 1. The van der Waals surface area contributed by atoms with Gasteiger partial charge in [-0.15, -0.1) is 5.10 Å². The van der Waals surface area contributed by atoms with Crippen molar-refractivity contribution < 1.29 is 12.8 Å². The van der Waals surface area contributed by atoms with Gasteiger partial charge in [0, 0.05) is 47.7 Å². The van der Waals surface area contributed by atoms with Crippen LogP contribution in [0.15, 0.2) is 72.3 Å². The minimum absolute atomic E-state index is 0.0535. The predicted molar refractivity (Wildman–Crippen MR) is 132 cm³/mol. The quantitative estimate of drug-likeness (QED) is 0.391. The average molecular weight is 503 g/mol. The molecule has 2 N–H and O–H groups in total. The lowest BCUT2D eigenvalue weighted by atomic mass is 10.2. The van der Waals surface area contributed by atoms with E-state index in [0.29, 0.717) is 5.52 Å². The molecule has 12 heteroatoms. The van der Waals surface area contributed by atoms with Crippen LogP contribution in [0.4, 0.5) is 10.2 Å². The van der Waals surface area contributed by atoms with Crippen LogP contribution in [0.25, 0.3) is 39.1 Å². The topological polar surface area (TPSA) is 126 Å². The van der Waals surface area contributed by atoms with Crippen molar-refractivity contribution in [1.29, 1.82) is 0 Å². The smallest absolute Gasteiger partial charge is 0.269 e. The van der Waals surface area contributed by atoms with Gasteiger partial charge in [-0.2, -0.15) is 5.10 Å². The number of halogens is 1. The molecule has 0 saturated carbocycles. The fraction of sp³-hybridized carbons (Fsp3) is 0.0833. The number of nitrogens with zero attached hydrogens (tertiary/aromatic N) is 7. The third-order valence-corrected chi connectivity index (χ3v) is 7.59. The van der Waals surface area contributed by atoms with E-state index in [1.54, 1.807) is 33.7 Å². The first-order valence-corrected chi connectivity index (χ1v) is 12.3. The Morgan fingerprint density at radius 2 is 1.78 bits per heavy atom. The highest BCUT2D eigenvalue weighted by molar-refractivity contribution is 7.90. The summed E-state index contributed by atoms with van der Waals surface area (Å²) in [6.45, 7) is 1.86. The van der Waals surface area contributed by atoms with E-state index in [9.17, 15) is 12.8 Å². The molecule has 0 fully saturated rings. The van der Waals surface area contributed by atoms with Gasteiger partial charge in [0.25, 0.3) is 10.0 Å². The van der Waals surface area contributed by atoms with Crippen molar-refractivity contribution in [3.05, 3.63) is 78.8 Å². The summed E-state index contributed by atoms with van der Waals surface area (Å²) < 4.78 is 45.5. The molecule has 36 heavy (non-hydrogen) atoms. The summed E-state index contributed by atoms with van der Waals surface area (Å²) in [6.07, 6.45) is 7.67. The maximum Gasteiger partial charge on any atom is 0.269 e.